The van der Waals surface area contributed by atoms with E-state index in [1.54, 1.807) is 0 Å². The van der Waals surface area contributed by atoms with Gasteiger partial charge in [-0.05, 0) is 24.6 Å². The highest BCUT2D eigenvalue weighted by Gasteiger charge is 2.65. The fraction of sp³-hybridized carbons (Fsp3) is 0.333. The molecule has 1 unspecified atom stereocenters. The quantitative estimate of drug-likeness (QED) is 0.344. The van der Waals surface area contributed by atoms with Crippen LogP contribution in [-0.2, 0) is 16.0 Å². The molecule has 3 rings (SSSR count). The van der Waals surface area contributed by atoms with Gasteiger partial charge in [-0.1, -0.05) is 0 Å². The van der Waals surface area contributed by atoms with Gasteiger partial charge in [-0.25, -0.2) is 26.3 Å². The van der Waals surface area contributed by atoms with Crippen LogP contribution in [0, 0.1) is 34.9 Å². The minimum atomic E-state index is -2.15. The molecule has 27 heavy (non-hydrogen) atoms. The maximum absolute atomic E-state index is 14.3. The Kier molecular flexibility index (Phi) is 4.95. The molecule has 1 fully saturated rings. The fourth-order valence-electron chi connectivity index (χ4n) is 3.19. The Morgan fingerprint density at radius 2 is 1.44 bits per heavy atom. The van der Waals surface area contributed by atoms with Gasteiger partial charge in [0.15, 0.2) is 23.3 Å². The summed E-state index contributed by atoms with van der Waals surface area (Å²) in [6.07, 6.45) is -2.03. The molecule has 0 amide bonds. The van der Waals surface area contributed by atoms with E-state index in [0.29, 0.717) is 18.2 Å². The van der Waals surface area contributed by atoms with Gasteiger partial charge in [-0.3, -0.25) is 0 Å². The van der Waals surface area contributed by atoms with Crippen molar-refractivity contribution >= 4 is 11.6 Å². The first-order valence-electron chi connectivity index (χ1n) is 7.81. The van der Waals surface area contributed by atoms with Crippen molar-refractivity contribution in [3.05, 3.63) is 70.3 Å². The lowest BCUT2D eigenvalue weighted by Crippen LogP contribution is -2.48. The number of hydrogen-bond acceptors (Lipinski definition) is 2. The van der Waals surface area contributed by atoms with Gasteiger partial charge in [-0.15, -0.1) is 11.6 Å². The summed E-state index contributed by atoms with van der Waals surface area (Å²) < 4.78 is 87.2. The molecule has 0 aliphatic carbocycles. The van der Waals surface area contributed by atoms with E-state index in [9.17, 15) is 31.4 Å². The van der Waals surface area contributed by atoms with Crippen LogP contribution < -0.4 is 0 Å². The van der Waals surface area contributed by atoms with Gasteiger partial charge >= 0.3 is 0 Å². The Balaban J connectivity index is 2.10. The Morgan fingerprint density at radius 1 is 0.963 bits per heavy atom. The van der Waals surface area contributed by atoms with E-state index in [2.05, 4.69) is 0 Å². The fourth-order valence-corrected chi connectivity index (χ4v) is 3.51. The molecule has 1 N–H and O–H groups in total. The number of aliphatic hydroxyl groups excluding tert-OH is 1. The van der Waals surface area contributed by atoms with Crippen LogP contribution in [0.25, 0.3) is 0 Å². The molecule has 0 radical (unpaired) electrons. The highest BCUT2D eigenvalue weighted by Crippen LogP contribution is 2.54. The van der Waals surface area contributed by atoms with Crippen molar-refractivity contribution in [3.8, 4) is 0 Å². The van der Waals surface area contributed by atoms with Crippen molar-refractivity contribution in [2.75, 3.05) is 6.61 Å². The summed E-state index contributed by atoms with van der Waals surface area (Å²) in [5.41, 5.74) is -2.59. The Morgan fingerprint density at radius 3 is 1.96 bits per heavy atom. The second kappa shape index (κ2) is 6.68. The van der Waals surface area contributed by atoms with Crippen LogP contribution in [0.4, 0.5) is 26.3 Å². The Bertz CT molecular complexity index is 900. The third-order valence-corrected chi connectivity index (χ3v) is 5.56. The van der Waals surface area contributed by atoms with Crippen LogP contribution in [0.1, 0.15) is 18.1 Å². The zero-order valence-electron chi connectivity index (χ0n) is 13.8. The molecule has 2 aromatic rings. The summed E-state index contributed by atoms with van der Waals surface area (Å²) >= 11 is 6.46. The third-order valence-electron chi connectivity index (χ3n) is 4.70. The molecule has 0 bridgehead atoms. The summed E-state index contributed by atoms with van der Waals surface area (Å²) in [6.45, 7) is 0.955. The number of alkyl halides is 1. The standard InChI is InChI=1S/C18H13ClF6O2/c1-8(26)18(19,10-3-14(23)16(25)5-12(10)21)17(7-27-17)6-9-2-13(22)15(24)4-11(9)20/h2-5,8,26H,6-7H2,1H3/t8-,17+,18?/m0/s1. The van der Waals surface area contributed by atoms with Crippen molar-refractivity contribution in [1.82, 2.24) is 0 Å². The van der Waals surface area contributed by atoms with E-state index < -0.39 is 63.5 Å². The Hall–Kier alpha value is -1.77. The van der Waals surface area contributed by atoms with Gasteiger partial charge in [0.2, 0.25) is 0 Å². The van der Waals surface area contributed by atoms with Crippen molar-refractivity contribution < 1.29 is 36.2 Å². The van der Waals surface area contributed by atoms with Crippen LogP contribution in [-0.4, -0.2) is 23.4 Å². The molecule has 2 aromatic carbocycles. The summed E-state index contributed by atoms with van der Waals surface area (Å²) in [5.74, 6) is -7.94. The van der Waals surface area contributed by atoms with Crippen molar-refractivity contribution in [3.63, 3.8) is 0 Å². The number of hydrogen-bond donors (Lipinski definition) is 1. The van der Waals surface area contributed by atoms with Gasteiger partial charge in [0.25, 0.3) is 0 Å². The number of benzene rings is 2. The van der Waals surface area contributed by atoms with E-state index in [-0.39, 0.29) is 18.2 Å². The van der Waals surface area contributed by atoms with Crippen LogP contribution in [0.3, 0.4) is 0 Å². The number of ether oxygens (including phenoxy) is 1. The number of halogens is 7. The first-order valence-corrected chi connectivity index (χ1v) is 8.19. The average Bonchev–Trinajstić information content (AvgIpc) is 3.36. The second-order valence-electron chi connectivity index (χ2n) is 6.45. The van der Waals surface area contributed by atoms with Crippen LogP contribution in [0.5, 0.6) is 0 Å². The van der Waals surface area contributed by atoms with Crippen molar-refractivity contribution in [1.29, 1.82) is 0 Å². The lowest BCUT2D eigenvalue weighted by Gasteiger charge is -2.37. The SMILES string of the molecule is C[C@H](O)C(Cl)(c1cc(F)c(F)cc1F)[C@@]1(Cc2cc(F)c(F)cc2F)CO1. The highest BCUT2D eigenvalue weighted by atomic mass is 35.5. The molecule has 1 aliphatic heterocycles. The first kappa shape index (κ1) is 20.0. The maximum Gasteiger partial charge on any atom is 0.161 e. The van der Waals surface area contributed by atoms with Crippen LogP contribution in [0.15, 0.2) is 24.3 Å². The van der Waals surface area contributed by atoms with E-state index in [1.807, 2.05) is 0 Å². The molecule has 1 heterocycles. The molecule has 0 saturated carbocycles. The van der Waals surface area contributed by atoms with Crippen LogP contribution in [0.2, 0.25) is 0 Å². The summed E-state index contributed by atoms with van der Waals surface area (Å²) in [7, 11) is 0. The molecular formula is C18H13ClF6O2. The van der Waals surface area contributed by atoms with E-state index >= 15 is 0 Å². The summed E-state index contributed by atoms with van der Waals surface area (Å²) in [5, 5.41) is 10.2. The third kappa shape index (κ3) is 3.19. The second-order valence-corrected chi connectivity index (χ2v) is 7.05. The van der Waals surface area contributed by atoms with Crippen molar-refractivity contribution in [2.24, 2.45) is 0 Å². The molecule has 0 spiro atoms. The zero-order valence-corrected chi connectivity index (χ0v) is 14.6. The number of epoxide rings is 1. The first-order chi connectivity index (χ1) is 12.5. The molecule has 2 nitrogen and oxygen atoms in total. The van der Waals surface area contributed by atoms with E-state index in [0.717, 1.165) is 0 Å². The molecule has 1 saturated heterocycles. The average molecular weight is 411 g/mol. The van der Waals surface area contributed by atoms with Gasteiger partial charge < -0.3 is 9.84 Å². The smallest absolute Gasteiger partial charge is 0.161 e. The van der Waals surface area contributed by atoms with Gasteiger partial charge in [0, 0.05) is 24.1 Å². The normalized spacial score (nSPS) is 22.4. The lowest BCUT2D eigenvalue weighted by molar-refractivity contribution is 0.0811. The summed E-state index contributed by atoms with van der Waals surface area (Å²) in [4.78, 5) is -2.15. The maximum atomic E-state index is 14.3. The predicted molar refractivity (Wildman–Crippen MR) is 84.2 cm³/mol. The van der Waals surface area contributed by atoms with E-state index in [1.165, 1.54) is 6.92 Å². The van der Waals surface area contributed by atoms with E-state index in [4.69, 9.17) is 16.3 Å². The number of aliphatic hydroxyl groups is 1. The van der Waals surface area contributed by atoms with Gasteiger partial charge in [0.1, 0.15) is 22.1 Å². The molecule has 0 aromatic heterocycles. The molecular weight excluding hydrogens is 398 g/mol. The monoisotopic (exact) mass is 410 g/mol. The molecule has 3 atom stereocenters. The predicted octanol–water partition coefficient (Wildman–Crippen LogP) is 4.35. The van der Waals surface area contributed by atoms with Gasteiger partial charge in [-0.2, -0.15) is 0 Å². The minimum absolute atomic E-state index is 0.210. The minimum Gasteiger partial charge on any atom is -0.391 e. The topological polar surface area (TPSA) is 32.8 Å². The number of rotatable bonds is 5. The zero-order chi connectivity index (χ0) is 20.1. The van der Waals surface area contributed by atoms with Gasteiger partial charge in [0.05, 0.1) is 12.7 Å². The lowest BCUT2D eigenvalue weighted by atomic mass is 9.77. The Labute approximate surface area is 155 Å². The molecule has 146 valence electrons. The largest absolute Gasteiger partial charge is 0.391 e. The van der Waals surface area contributed by atoms with Crippen molar-refractivity contribution in [2.45, 2.75) is 29.9 Å². The highest BCUT2D eigenvalue weighted by molar-refractivity contribution is 6.25. The van der Waals surface area contributed by atoms with Crippen LogP contribution >= 0.6 is 11.6 Å². The molecule has 9 heteroatoms. The molecule has 1 aliphatic rings. The summed E-state index contributed by atoms with van der Waals surface area (Å²) in [6, 6.07) is 1.67.